The fourth-order valence-electron chi connectivity index (χ4n) is 4.69. The Balaban J connectivity index is 4.52. The van der Waals surface area contributed by atoms with E-state index in [2.05, 4.69) is 76.2 Å². The van der Waals surface area contributed by atoms with E-state index in [0.29, 0.717) is 21.7 Å². The standard InChI is InChI=1S/C20H41/c1-16(12-19(8,9)14-17(2,3)4)13-20(10,11)15-18(5,6)7/h12-15H2,1-11H3/q+1. The van der Waals surface area contributed by atoms with Gasteiger partial charge in [-0.05, 0) is 23.7 Å². The normalized spacial score (nSPS) is 14.6. The van der Waals surface area contributed by atoms with Crippen LogP contribution in [-0.4, -0.2) is 0 Å². The maximum atomic E-state index is 2.43. The van der Waals surface area contributed by atoms with E-state index in [1.165, 1.54) is 25.7 Å². The van der Waals surface area contributed by atoms with Crippen LogP contribution in [0.25, 0.3) is 0 Å². The molecule has 20 heavy (non-hydrogen) atoms. The summed E-state index contributed by atoms with van der Waals surface area (Å²) in [7, 11) is 0. The first-order valence-corrected chi connectivity index (χ1v) is 8.33. The van der Waals surface area contributed by atoms with Gasteiger partial charge in [0.1, 0.15) is 0 Å². The van der Waals surface area contributed by atoms with Crippen LogP contribution in [0.4, 0.5) is 0 Å². The van der Waals surface area contributed by atoms with Crippen molar-refractivity contribution in [1.29, 1.82) is 0 Å². The molecule has 0 aliphatic carbocycles. The number of rotatable bonds is 6. The second-order valence-electron chi connectivity index (χ2n) is 11.1. The Kier molecular flexibility index (Phi) is 6.28. The number of hydrogen-bond donors (Lipinski definition) is 0. The Labute approximate surface area is 130 Å². The minimum Gasteiger partial charge on any atom is -0.0602 e. The lowest BCUT2D eigenvalue weighted by molar-refractivity contribution is 0.175. The van der Waals surface area contributed by atoms with Crippen LogP contribution < -0.4 is 0 Å². The van der Waals surface area contributed by atoms with Crippen molar-refractivity contribution in [1.82, 2.24) is 0 Å². The number of hydrogen-bond acceptors (Lipinski definition) is 0. The first-order chi connectivity index (χ1) is 8.52. The lowest BCUT2D eigenvalue weighted by Crippen LogP contribution is -2.26. The van der Waals surface area contributed by atoms with Crippen LogP contribution in [0.15, 0.2) is 0 Å². The molecule has 0 aromatic carbocycles. The van der Waals surface area contributed by atoms with Crippen LogP contribution in [-0.2, 0) is 0 Å². The van der Waals surface area contributed by atoms with Gasteiger partial charge in [-0.1, -0.05) is 69.2 Å². The Hall–Kier alpha value is -0.130. The zero-order valence-electron chi connectivity index (χ0n) is 16.3. The van der Waals surface area contributed by atoms with E-state index >= 15 is 0 Å². The highest BCUT2D eigenvalue weighted by Crippen LogP contribution is 2.44. The Bertz CT molecular complexity index is 250. The van der Waals surface area contributed by atoms with Crippen molar-refractivity contribution in [3.63, 3.8) is 0 Å². The molecule has 0 nitrogen and oxygen atoms in total. The molecule has 0 N–H and O–H groups in total. The molecule has 0 heteroatoms. The van der Waals surface area contributed by atoms with Gasteiger partial charge in [0.05, 0.1) is 25.7 Å². The van der Waals surface area contributed by atoms with Gasteiger partial charge < -0.3 is 0 Å². The molecule has 0 unspecified atom stereocenters. The summed E-state index contributed by atoms with van der Waals surface area (Å²) < 4.78 is 0. The van der Waals surface area contributed by atoms with Crippen molar-refractivity contribution in [2.45, 2.75) is 102 Å². The van der Waals surface area contributed by atoms with Crippen LogP contribution in [0.1, 0.15) is 102 Å². The summed E-state index contributed by atoms with van der Waals surface area (Å²) >= 11 is 0. The molecule has 0 rings (SSSR count). The SMILES string of the molecule is C[C+](CC(C)(C)CC(C)(C)C)CC(C)(C)CC(C)(C)C. The maximum absolute atomic E-state index is 2.43. The molecule has 0 amide bonds. The summed E-state index contributed by atoms with van der Waals surface area (Å²) in [6, 6.07) is 0. The fraction of sp³-hybridized carbons (Fsp3) is 0.950. The lowest BCUT2D eigenvalue weighted by Gasteiger charge is -2.34. The van der Waals surface area contributed by atoms with E-state index in [4.69, 9.17) is 0 Å². The molecule has 0 saturated heterocycles. The second kappa shape index (κ2) is 6.32. The van der Waals surface area contributed by atoms with Crippen molar-refractivity contribution < 1.29 is 0 Å². The molecule has 0 bridgehead atoms. The molecule has 0 aliphatic rings. The Morgan fingerprint density at radius 2 is 0.800 bits per heavy atom. The summed E-state index contributed by atoms with van der Waals surface area (Å²) in [5.74, 6) is 1.67. The van der Waals surface area contributed by atoms with Gasteiger partial charge >= 0.3 is 0 Å². The predicted molar refractivity (Wildman–Crippen MR) is 93.9 cm³/mol. The van der Waals surface area contributed by atoms with Crippen molar-refractivity contribution in [2.24, 2.45) is 21.7 Å². The molecule has 120 valence electrons. The van der Waals surface area contributed by atoms with Gasteiger partial charge in [0, 0.05) is 10.8 Å². The van der Waals surface area contributed by atoms with E-state index in [1.54, 1.807) is 5.92 Å². The van der Waals surface area contributed by atoms with Gasteiger partial charge in [0.25, 0.3) is 0 Å². The van der Waals surface area contributed by atoms with E-state index in [-0.39, 0.29) is 0 Å². The van der Waals surface area contributed by atoms with Crippen LogP contribution in [0.3, 0.4) is 0 Å². The summed E-state index contributed by atoms with van der Waals surface area (Å²) in [6.07, 6.45) is 5.10. The van der Waals surface area contributed by atoms with Crippen molar-refractivity contribution in [3.05, 3.63) is 5.92 Å². The third-order valence-electron chi connectivity index (χ3n) is 3.58. The molecule has 0 fully saturated rings. The van der Waals surface area contributed by atoms with Crippen LogP contribution in [0, 0.1) is 27.6 Å². The van der Waals surface area contributed by atoms with Gasteiger partial charge in [-0.2, -0.15) is 0 Å². The smallest absolute Gasteiger partial charge is 0.0602 e. The lowest BCUT2D eigenvalue weighted by atomic mass is 9.67. The molecule has 0 aromatic heterocycles. The highest BCUT2D eigenvalue weighted by molar-refractivity contribution is 4.96. The van der Waals surface area contributed by atoms with E-state index in [1.807, 2.05) is 0 Å². The van der Waals surface area contributed by atoms with Crippen molar-refractivity contribution >= 4 is 0 Å². The summed E-state index contributed by atoms with van der Waals surface area (Å²) in [6.45, 7) is 26.2. The van der Waals surface area contributed by atoms with Gasteiger partial charge in [0.15, 0.2) is 0 Å². The molecular formula is C20H41+. The Morgan fingerprint density at radius 1 is 0.550 bits per heavy atom. The molecule has 0 atom stereocenters. The maximum Gasteiger partial charge on any atom is 0.0948 e. The highest BCUT2D eigenvalue weighted by atomic mass is 14.4. The molecule has 0 spiro atoms. The second-order valence-corrected chi connectivity index (χ2v) is 11.1. The Morgan fingerprint density at radius 3 is 1.00 bits per heavy atom. The van der Waals surface area contributed by atoms with E-state index in [0.717, 1.165) is 0 Å². The highest BCUT2D eigenvalue weighted by Gasteiger charge is 2.37. The topological polar surface area (TPSA) is 0 Å². The van der Waals surface area contributed by atoms with Gasteiger partial charge in [-0.25, -0.2) is 0 Å². The van der Waals surface area contributed by atoms with E-state index < -0.39 is 0 Å². The van der Waals surface area contributed by atoms with Gasteiger partial charge in [-0.15, -0.1) is 0 Å². The average molecular weight is 282 g/mol. The van der Waals surface area contributed by atoms with E-state index in [9.17, 15) is 0 Å². The zero-order chi connectivity index (χ0) is 16.4. The minimum atomic E-state index is 0.417. The molecular weight excluding hydrogens is 240 g/mol. The van der Waals surface area contributed by atoms with Crippen molar-refractivity contribution in [2.75, 3.05) is 0 Å². The van der Waals surface area contributed by atoms with Gasteiger partial charge in [0.2, 0.25) is 0 Å². The third kappa shape index (κ3) is 10.6. The first kappa shape index (κ1) is 19.9. The van der Waals surface area contributed by atoms with Crippen LogP contribution in [0.2, 0.25) is 0 Å². The minimum absolute atomic E-state index is 0.417. The quantitative estimate of drug-likeness (QED) is 0.448. The first-order valence-electron chi connectivity index (χ1n) is 8.33. The van der Waals surface area contributed by atoms with Crippen molar-refractivity contribution in [3.8, 4) is 0 Å². The monoisotopic (exact) mass is 281 g/mol. The molecule has 0 radical (unpaired) electrons. The van der Waals surface area contributed by atoms with Crippen LogP contribution >= 0.6 is 0 Å². The van der Waals surface area contributed by atoms with Gasteiger partial charge in [-0.3, -0.25) is 0 Å². The predicted octanol–water partition coefficient (Wildman–Crippen LogP) is 7.29. The zero-order valence-corrected chi connectivity index (χ0v) is 16.3. The third-order valence-corrected chi connectivity index (χ3v) is 3.58. The average Bonchev–Trinajstić information content (AvgIpc) is 1.86. The summed E-state index contributed by atoms with van der Waals surface area (Å²) in [4.78, 5) is 0. The molecule has 0 aliphatic heterocycles. The largest absolute Gasteiger partial charge is 0.0948 e. The summed E-state index contributed by atoms with van der Waals surface area (Å²) in [5.41, 5.74) is 1.68. The summed E-state index contributed by atoms with van der Waals surface area (Å²) in [5, 5.41) is 0. The molecule has 0 saturated carbocycles. The fourth-order valence-corrected chi connectivity index (χ4v) is 4.69. The molecule has 0 heterocycles. The molecule has 0 aromatic rings. The van der Waals surface area contributed by atoms with Crippen LogP contribution in [0.5, 0.6) is 0 Å².